The lowest BCUT2D eigenvalue weighted by Gasteiger charge is -2.01. The fraction of sp³-hybridized carbons (Fsp3) is 0. The average molecular weight is 195 g/mol. The first-order chi connectivity index (χ1) is 7.29. The average Bonchev–Trinajstić information content (AvgIpc) is 2.55. The zero-order valence-corrected chi connectivity index (χ0v) is 7.99. The van der Waals surface area contributed by atoms with Crippen LogP contribution in [0.4, 0.5) is 5.69 Å². The van der Waals surface area contributed by atoms with E-state index in [9.17, 15) is 0 Å². The molecule has 1 aliphatic carbocycles. The first kappa shape index (κ1) is 8.17. The van der Waals surface area contributed by atoms with Crippen LogP contribution in [0.5, 0.6) is 0 Å². The number of hydrogen-bond donors (Lipinski definition) is 2. The maximum atomic E-state index is 8.03. The predicted octanol–water partition coefficient (Wildman–Crippen LogP) is 2.06. The third-order valence-corrected chi connectivity index (χ3v) is 2.68. The number of nitrogens with one attached hydrogen (secondary N) is 1. The second-order valence-electron chi connectivity index (χ2n) is 3.54. The van der Waals surface area contributed by atoms with E-state index in [1.165, 1.54) is 0 Å². The summed E-state index contributed by atoms with van der Waals surface area (Å²) in [6.45, 7) is 0. The van der Waals surface area contributed by atoms with E-state index in [2.05, 4.69) is 4.98 Å². The van der Waals surface area contributed by atoms with Crippen LogP contribution in [0.25, 0.3) is 11.3 Å². The van der Waals surface area contributed by atoms with E-state index < -0.39 is 0 Å². The summed E-state index contributed by atoms with van der Waals surface area (Å²) in [5, 5.41) is 8.03. The molecule has 0 bridgehead atoms. The topological polar surface area (TPSA) is 62.8 Å². The minimum absolute atomic E-state index is 0.478. The molecule has 3 nitrogen and oxygen atoms in total. The summed E-state index contributed by atoms with van der Waals surface area (Å²) in [6.07, 6.45) is 1.74. The van der Waals surface area contributed by atoms with E-state index in [4.69, 9.17) is 11.1 Å². The quantitative estimate of drug-likeness (QED) is 0.539. The number of anilines is 1. The molecule has 0 saturated carbocycles. The molecule has 1 aromatic heterocycles. The summed E-state index contributed by atoms with van der Waals surface area (Å²) >= 11 is 0. The van der Waals surface area contributed by atoms with E-state index in [1.807, 2.05) is 30.3 Å². The summed E-state index contributed by atoms with van der Waals surface area (Å²) < 4.78 is 0. The van der Waals surface area contributed by atoms with Gasteiger partial charge in [0.15, 0.2) is 0 Å². The summed E-state index contributed by atoms with van der Waals surface area (Å²) in [6, 6.07) is 9.42. The molecule has 0 saturated heterocycles. The van der Waals surface area contributed by atoms with Gasteiger partial charge in [0, 0.05) is 28.6 Å². The largest absolute Gasteiger partial charge is 0.398 e. The van der Waals surface area contributed by atoms with Crippen LogP contribution in [0.3, 0.4) is 0 Å². The van der Waals surface area contributed by atoms with Gasteiger partial charge in [0.2, 0.25) is 0 Å². The zero-order chi connectivity index (χ0) is 10.4. The number of rotatable bonds is 0. The fourth-order valence-corrected chi connectivity index (χ4v) is 2.00. The molecular weight excluding hydrogens is 186 g/mol. The van der Waals surface area contributed by atoms with Crippen molar-refractivity contribution < 1.29 is 0 Å². The number of nitrogens with two attached hydrogens (primary N) is 1. The molecule has 3 N–H and O–H groups in total. The number of benzene rings is 1. The van der Waals surface area contributed by atoms with Crippen molar-refractivity contribution in [1.29, 1.82) is 5.41 Å². The Bertz CT molecular complexity index is 573. The fourth-order valence-electron chi connectivity index (χ4n) is 2.00. The van der Waals surface area contributed by atoms with Gasteiger partial charge in [0.25, 0.3) is 0 Å². The van der Waals surface area contributed by atoms with E-state index in [0.717, 1.165) is 22.4 Å². The number of aromatic nitrogens is 1. The van der Waals surface area contributed by atoms with Gasteiger partial charge in [0.05, 0.1) is 11.4 Å². The Hall–Kier alpha value is -2.16. The maximum Gasteiger partial charge on any atom is 0.0803 e. The van der Waals surface area contributed by atoms with Crippen molar-refractivity contribution >= 4 is 11.4 Å². The molecular formula is C12H9N3. The molecule has 0 spiro atoms. The van der Waals surface area contributed by atoms with Crippen molar-refractivity contribution in [3.8, 4) is 11.3 Å². The van der Waals surface area contributed by atoms with E-state index in [0.29, 0.717) is 11.4 Å². The van der Waals surface area contributed by atoms with Crippen LogP contribution in [0, 0.1) is 5.41 Å². The molecule has 0 amide bonds. The molecule has 2 aromatic rings. The SMILES string of the molecule is N=C1c2cccnc2-c2cccc(N)c21. The monoisotopic (exact) mass is 195 g/mol. The summed E-state index contributed by atoms with van der Waals surface area (Å²) in [7, 11) is 0. The van der Waals surface area contributed by atoms with Crippen LogP contribution in [0.15, 0.2) is 36.5 Å². The number of nitrogens with zero attached hydrogens (tertiary/aromatic N) is 1. The van der Waals surface area contributed by atoms with Crippen molar-refractivity contribution in [2.75, 3.05) is 5.73 Å². The van der Waals surface area contributed by atoms with Gasteiger partial charge in [-0.2, -0.15) is 0 Å². The van der Waals surface area contributed by atoms with Crippen molar-refractivity contribution in [2.24, 2.45) is 0 Å². The smallest absolute Gasteiger partial charge is 0.0803 e. The van der Waals surface area contributed by atoms with Gasteiger partial charge in [-0.3, -0.25) is 10.4 Å². The van der Waals surface area contributed by atoms with Gasteiger partial charge in [-0.15, -0.1) is 0 Å². The third kappa shape index (κ3) is 0.944. The van der Waals surface area contributed by atoms with Gasteiger partial charge >= 0.3 is 0 Å². The normalized spacial score (nSPS) is 12.4. The molecule has 15 heavy (non-hydrogen) atoms. The molecule has 1 aliphatic rings. The Labute approximate surface area is 87.1 Å². The van der Waals surface area contributed by atoms with Gasteiger partial charge < -0.3 is 5.73 Å². The van der Waals surface area contributed by atoms with Gasteiger partial charge in [0.1, 0.15) is 0 Å². The Morgan fingerprint density at radius 1 is 1.07 bits per heavy atom. The van der Waals surface area contributed by atoms with E-state index in [-0.39, 0.29) is 0 Å². The second-order valence-corrected chi connectivity index (χ2v) is 3.54. The Morgan fingerprint density at radius 3 is 2.73 bits per heavy atom. The minimum Gasteiger partial charge on any atom is -0.398 e. The first-order valence-corrected chi connectivity index (χ1v) is 4.72. The molecule has 3 heteroatoms. The number of nitrogen functional groups attached to an aromatic ring is 1. The Balaban J connectivity index is 2.43. The molecule has 0 atom stereocenters. The second kappa shape index (κ2) is 2.67. The van der Waals surface area contributed by atoms with Crippen molar-refractivity contribution in [2.45, 2.75) is 0 Å². The highest BCUT2D eigenvalue weighted by molar-refractivity contribution is 6.24. The Morgan fingerprint density at radius 2 is 1.87 bits per heavy atom. The van der Waals surface area contributed by atoms with Crippen LogP contribution in [-0.2, 0) is 0 Å². The van der Waals surface area contributed by atoms with Crippen LogP contribution in [0.1, 0.15) is 11.1 Å². The highest BCUT2D eigenvalue weighted by Gasteiger charge is 2.25. The number of pyridine rings is 1. The van der Waals surface area contributed by atoms with E-state index in [1.54, 1.807) is 6.20 Å². The first-order valence-electron chi connectivity index (χ1n) is 4.72. The molecule has 0 fully saturated rings. The summed E-state index contributed by atoms with van der Waals surface area (Å²) in [5.74, 6) is 0. The van der Waals surface area contributed by atoms with Gasteiger partial charge in [-0.05, 0) is 18.2 Å². The van der Waals surface area contributed by atoms with Crippen LogP contribution in [-0.4, -0.2) is 10.7 Å². The highest BCUT2D eigenvalue weighted by Crippen LogP contribution is 2.37. The molecule has 0 radical (unpaired) electrons. The molecule has 1 heterocycles. The zero-order valence-electron chi connectivity index (χ0n) is 7.99. The van der Waals surface area contributed by atoms with Crippen LogP contribution >= 0.6 is 0 Å². The molecule has 0 aliphatic heterocycles. The molecule has 0 unspecified atom stereocenters. The maximum absolute atomic E-state index is 8.03. The minimum atomic E-state index is 0.478. The number of fused-ring (bicyclic) bond motifs is 3. The lowest BCUT2D eigenvalue weighted by Crippen LogP contribution is -2.00. The van der Waals surface area contributed by atoms with Crippen molar-refractivity contribution in [3.63, 3.8) is 0 Å². The Kier molecular flexibility index (Phi) is 1.45. The molecule has 72 valence electrons. The van der Waals surface area contributed by atoms with Crippen LogP contribution in [0.2, 0.25) is 0 Å². The highest BCUT2D eigenvalue weighted by atomic mass is 14.7. The van der Waals surface area contributed by atoms with Crippen molar-refractivity contribution in [3.05, 3.63) is 47.7 Å². The lowest BCUT2D eigenvalue weighted by molar-refractivity contribution is 1.33. The van der Waals surface area contributed by atoms with Crippen molar-refractivity contribution in [1.82, 2.24) is 4.98 Å². The van der Waals surface area contributed by atoms with Crippen LogP contribution < -0.4 is 5.73 Å². The number of hydrogen-bond acceptors (Lipinski definition) is 3. The van der Waals surface area contributed by atoms with Gasteiger partial charge in [-0.1, -0.05) is 12.1 Å². The molecule has 3 rings (SSSR count). The van der Waals surface area contributed by atoms with E-state index >= 15 is 0 Å². The molecule has 1 aromatic carbocycles. The summed E-state index contributed by atoms with van der Waals surface area (Å²) in [4.78, 5) is 4.30. The predicted molar refractivity (Wildman–Crippen MR) is 60.0 cm³/mol. The van der Waals surface area contributed by atoms with Gasteiger partial charge in [-0.25, -0.2) is 0 Å². The lowest BCUT2D eigenvalue weighted by atomic mass is 10.1. The third-order valence-electron chi connectivity index (χ3n) is 2.68. The standard InChI is InChI=1S/C12H9N3/c13-9-5-1-3-7-10(9)11(14)8-4-2-6-15-12(7)8/h1-6,14H,13H2. The summed E-state index contributed by atoms with van der Waals surface area (Å²) in [5.41, 5.74) is 10.5.